The van der Waals surface area contributed by atoms with E-state index in [-0.39, 0.29) is 5.54 Å². The van der Waals surface area contributed by atoms with Crippen molar-refractivity contribution in [1.82, 2.24) is 10.2 Å². The van der Waals surface area contributed by atoms with E-state index in [0.717, 1.165) is 25.9 Å². The molecule has 3 rings (SSSR count). The van der Waals surface area contributed by atoms with Gasteiger partial charge in [-0.05, 0) is 51.5 Å². The van der Waals surface area contributed by atoms with Crippen molar-refractivity contribution < 1.29 is 4.79 Å². The lowest BCUT2D eigenvalue weighted by atomic mass is 9.75. The van der Waals surface area contributed by atoms with Crippen LogP contribution in [0.4, 0.5) is 0 Å². The summed E-state index contributed by atoms with van der Waals surface area (Å²) in [6, 6.07) is 1.04. The molecule has 1 aliphatic heterocycles. The number of nitrogens with zero attached hydrogens (tertiary/aromatic N) is 1. The fraction of sp³-hybridized carbons (Fsp3) is 0.929. The first-order valence-electron chi connectivity index (χ1n) is 7.48. The standard InChI is InChI=1S/C14H25N3O/c15-14(6-2-7-14)9-13(18)17(12-4-5-12)10-11-3-1-8-16-11/h11-12,16H,1-10,15H2/t11-/m1/s1. The molecule has 2 aliphatic carbocycles. The Hall–Kier alpha value is -0.610. The Kier molecular flexibility index (Phi) is 3.32. The third kappa shape index (κ3) is 2.69. The SMILES string of the molecule is NC1(CC(=O)N(C[C@H]2CCCN2)C2CC2)CCC1. The zero-order valence-corrected chi connectivity index (χ0v) is 11.2. The number of carbonyl (C=O) groups excluding carboxylic acids is 1. The van der Waals surface area contributed by atoms with Crippen LogP contribution in [0.5, 0.6) is 0 Å². The van der Waals surface area contributed by atoms with Crippen molar-refractivity contribution >= 4 is 5.91 Å². The molecular formula is C14H25N3O. The van der Waals surface area contributed by atoms with Crippen LogP contribution < -0.4 is 11.1 Å². The van der Waals surface area contributed by atoms with E-state index in [1.807, 2.05) is 0 Å². The lowest BCUT2D eigenvalue weighted by Crippen LogP contribution is -2.52. The average Bonchev–Trinajstić information content (AvgIpc) is 3.01. The van der Waals surface area contributed by atoms with Crippen molar-refractivity contribution in [3.8, 4) is 0 Å². The molecule has 2 saturated carbocycles. The van der Waals surface area contributed by atoms with Crippen LogP contribution in [-0.2, 0) is 4.79 Å². The number of hydrogen-bond donors (Lipinski definition) is 2. The summed E-state index contributed by atoms with van der Waals surface area (Å²) in [4.78, 5) is 14.6. The molecular weight excluding hydrogens is 226 g/mol. The molecule has 102 valence electrons. The van der Waals surface area contributed by atoms with Crippen LogP contribution in [0.15, 0.2) is 0 Å². The van der Waals surface area contributed by atoms with Crippen LogP contribution in [-0.4, -0.2) is 41.5 Å². The normalized spacial score (nSPS) is 29.9. The Balaban J connectivity index is 1.56. The van der Waals surface area contributed by atoms with Gasteiger partial charge in [0, 0.05) is 30.6 Å². The summed E-state index contributed by atoms with van der Waals surface area (Å²) in [5.74, 6) is 0.299. The molecule has 1 heterocycles. The Labute approximate surface area is 109 Å². The van der Waals surface area contributed by atoms with Crippen molar-refractivity contribution in [2.24, 2.45) is 5.73 Å². The van der Waals surface area contributed by atoms with Crippen LogP contribution in [0.1, 0.15) is 51.4 Å². The average molecular weight is 251 g/mol. The zero-order valence-electron chi connectivity index (χ0n) is 11.2. The number of nitrogens with one attached hydrogen (secondary N) is 1. The van der Waals surface area contributed by atoms with E-state index >= 15 is 0 Å². The van der Waals surface area contributed by atoms with E-state index in [0.29, 0.717) is 24.4 Å². The van der Waals surface area contributed by atoms with E-state index in [2.05, 4.69) is 10.2 Å². The Bertz CT molecular complexity index is 317. The number of hydrogen-bond acceptors (Lipinski definition) is 3. The van der Waals surface area contributed by atoms with E-state index in [1.54, 1.807) is 0 Å². The van der Waals surface area contributed by atoms with Crippen LogP contribution in [0.25, 0.3) is 0 Å². The number of amides is 1. The van der Waals surface area contributed by atoms with Crippen molar-refractivity contribution in [2.45, 2.75) is 69.0 Å². The van der Waals surface area contributed by atoms with E-state index in [4.69, 9.17) is 5.73 Å². The van der Waals surface area contributed by atoms with Crippen LogP contribution in [0, 0.1) is 0 Å². The number of rotatable bonds is 5. The van der Waals surface area contributed by atoms with Gasteiger partial charge in [0.1, 0.15) is 0 Å². The van der Waals surface area contributed by atoms with Crippen molar-refractivity contribution in [3.63, 3.8) is 0 Å². The smallest absolute Gasteiger partial charge is 0.224 e. The summed E-state index contributed by atoms with van der Waals surface area (Å²) in [5, 5.41) is 3.49. The first kappa shape index (κ1) is 12.4. The molecule has 0 aromatic rings. The molecule has 3 fully saturated rings. The molecule has 0 bridgehead atoms. The molecule has 3 aliphatic rings. The van der Waals surface area contributed by atoms with Gasteiger partial charge in [-0.25, -0.2) is 0 Å². The van der Waals surface area contributed by atoms with Gasteiger partial charge in [-0.3, -0.25) is 4.79 Å². The molecule has 1 atom stereocenters. The zero-order chi connectivity index (χ0) is 12.6. The monoisotopic (exact) mass is 251 g/mol. The van der Waals surface area contributed by atoms with Gasteiger partial charge in [-0.1, -0.05) is 0 Å². The van der Waals surface area contributed by atoms with Gasteiger partial charge >= 0.3 is 0 Å². The summed E-state index contributed by atoms with van der Waals surface area (Å²) >= 11 is 0. The molecule has 18 heavy (non-hydrogen) atoms. The van der Waals surface area contributed by atoms with Gasteiger partial charge in [0.2, 0.25) is 5.91 Å². The lowest BCUT2D eigenvalue weighted by molar-refractivity contribution is -0.134. The Morgan fingerprint density at radius 3 is 2.56 bits per heavy atom. The predicted molar refractivity (Wildman–Crippen MR) is 71.1 cm³/mol. The van der Waals surface area contributed by atoms with Gasteiger partial charge in [-0.15, -0.1) is 0 Å². The Morgan fingerprint density at radius 2 is 2.06 bits per heavy atom. The molecule has 4 heteroatoms. The highest BCUT2D eigenvalue weighted by molar-refractivity contribution is 5.78. The fourth-order valence-corrected chi connectivity index (χ4v) is 3.20. The van der Waals surface area contributed by atoms with Crippen molar-refractivity contribution in [2.75, 3.05) is 13.1 Å². The highest BCUT2D eigenvalue weighted by atomic mass is 16.2. The molecule has 0 aromatic carbocycles. The number of nitrogens with two attached hydrogens (primary N) is 1. The van der Waals surface area contributed by atoms with E-state index in [9.17, 15) is 4.79 Å². The molecule has 4 nitrogen and oxygen atoms in total. The summed E-state index contributed by atoms with van der Waals surface area (Å²) in [6.45, 7) is 2.01. The summed E-state index contributed by atoms with van der Waals surface area (Å²) in [5.41, 5.74) is 6.03. The highest BCUT2D eigenvalue weighted by Gasteiger charge is 2.40. The lowest BCUT2D eigenvalue weighted by Gasteiger charge is -2.39. The largest absolute Gasteiger partial charge is 0.338 e. The molecule has 0 aromatic heterocycles. The highest BCUT2D eigenvalue weighted by Crippen LogP contribution is 2.35. The minimum atomic E-state index is -0.173. The van der Waals surface area contributed by atoms with Crippen molar-refractivity contribution in [1.29, 1.82) is 0 Å². The summed E-state index contributed by atoms with van der Waals surface area (Å²) < 4.78 is 0. The summed E-state index contributed by atoms with van der Waals surface area (Å²) in [7, 11) is 0. The topological polar surface area (TPSA) is 58.4 Å². The van der Waals surface area contributed by atoms with Gasteiger partial charge in [0.05, 0.1) is 0 Å². The molecule has 1 amide bonds. The maximum atomic E-state index is 12.4. The van der Waals surface area contributed by atoms with Gasteiger partial charge in [0.15, 0.2) is 0 Å². The molecule has 0 radical (unpaired) electrons. The predicted octanol–water partition coefficient (Wildman–Crippen LogP) is 1.00. The molecule has 3 N–H and O–H groups in total. The summed E-state index contributed by atoms with van der Waals surface area (Å²) in [6.07, 6.45) is 8.65. The quantitative estimate of drug-likeness (QED) is 0.766. The molecule has 1 saturated heterocycles. The Morgan fingerprint density at radius 1 is 1.28 bits per heavy atom. The van der Waals surface area contributed by atoms with E-state index < -0.39 is 0 Å². The maximum Gasteiger partial charge on any atom is 0.224 e. The second-order valence-electron chi connectivity index (χ2n) is 6.46. The first-order chi connectivity index (χ1) is 8.66. The fourth-order valence-electron chi connectivity index (χ4n) is 3.20. The van der Waals surface area contributed by atoms with Crippen LogP contribution >= 0.6 is 0 Å². The number of carbonyl (C=O) groups is 1. The minimum absolute atomic E-state index is 0.173. The van der Waals surface area contributed by atoms with Gasteiger partial charge in [0.25, 0.3) is 0 Å². The van der Waals surface area contributed by atoms with Crippen LogP contribution in [0.3, 0.4) is 0 Å². The van der Waals surface area contributed by atoms with Crippen molar-refractivity contribution in [3.05, 3.63) is 0 Å². The van der Waals surface area contributed by atoms with Gasteiger partial charge < -0.3 is 16.0 Å². The minimum Gasteiger partial charge on any atom is -0.338 e. The third-order valence-electron chi connectivity index (χ3n) is 4.74. The van der Waals surface area contributed by atoms with Gasteiger partial charge in [-0.2, -0.15) is 0 Å². The van der Waals surface area contributed by atoms with Crippen LogP contribution in [0.2, 0.25) is 0 Å². The third-order valence-corrected chi connectivity index (χ3v) is 4.74. The molecule has 0 unspecified atom stereocenters. The van der Waals surface area contributed by atoms with E-state index in [1.165, 1.54) is 32.1 Å². The first-order valence-corrected chi connectivity index (χ1v) is 7.48. The maximum absolute atomic E-state index is 12.4. The second kappa shape index (κ2) is 4.82. The molecule has 0 spiro atoms. The second-order valence-corrected chi connectivity index (χ2v) is 6.46.